The quantitative estimate of drug-likeness (QED) is 0.820. The van der Waals surface area contributed by atoms with E-state index in [2.05, 4.69) is 9.68 Å². The van der Waals surface area contributed by atoms with Crippen molar-refractivity contribution in [1.29, 1.82) is 0 Å². The van der Waals surface area contributed by atoms with E-state index in [-0.39, 0.29) is 0 Å². The number of H-pyrrole nitrogens is 1. The Bertz CT molecular complexity index is 581. The number of hydrogen-bond acceptors (Lipinski definition) is 3. The fourth-order valence-corrected chi connectivity index (χ4v) is 1.57. The highest BCUT2D eigenvalue weighted by atomic mass is 16.5. The van der Waals surface area contributed by atoms with E-state index >= 15 is 0 Å². The Balaban J connectivity index is 2.35. The van der Waals surface area contributed by atoms with Gasteiger partial charge in [0.25, 0.3) is 0 Å². The molecule has 0 aliphatic heterocycles. The van der Waals surface area contributed by atoms with Gasteiger partial charge in [-0.25, -0.2) is 9.95 Å². The monoisotopic (exact) mass is 221 g/mol. The van der Waals surface area contributed by atoms with Crippen molar-refractivity contribution in [2.75, 3.05) is 0 Å². The summed E-state index contributed by atoms with van der Waals surface area (Å²) in [6.45, 7) is 1.63. The van der Waals surface area contributed by atoms with Crippen molar-refractivity contribution in [2.45, 2.75) is 13.3 Å². The summed E-state index contributed by atoms with van der Waals surface area (Å²) in [5.74, 6) is -1.32. The Kier molecular flexibility index (Phi) is 2.52. The number of aromatic amines is 1. The minimum atomic E-state index is -0.846. The van der Waals surface area contributed by atoms with E-state index in [9.17, 15) is 9.59 Å². The van der Waals surface area contributed by atoms with Crippen molar-refractivity contribution >= 4 is 16.9 Å². The highest BCUT2D eigenvalue weighted by Crippen LogP contribution is 2.14. The van der Waals surface area contributed by atoms with Crippen molar-refractivity contribution in [2.24, 2.45) is 5.92 Å². The fraction of sp³-hybridized carbons (Fsp3) is 0.273. The van der Waals surface area contributed by atoms with E-state index in [1.807, 2.05) is 0 Å². The standard InChI is InChI=1S/C11H11NO4/c1-6(10(13)14)4-7-2-3-9-8(5-7)11(15)16-12-9/h2-3,5-6,12H,4H2,1H3,(H,13,14). The maximum absolute atomic E-state index is 11.2. The van der Waals surface area contributed by atoms with Gasteiger partial charge in [-0.05, 0) is 24.1 Å². The number of benzene rings is 1. The van der Waals surface area contributed by atoms with Gasteiger partial charge in [-0.1, -0.05) is 13.0 Å². The largest absolute Gasteiger partial charge is 0.481 e. The molecule has 1 aromatic heterocycles. The number of rotatable bonds is 3. The number of carboxylic acids is 1. The first-order chi connectivity index (χ1) is 7.58. The number of fused-ring (bicyclic) bond motifs is 1. The van der Waals surface area contributed by atoms with Gasteiger partial charge in [-0.15, -0.1) is 0 Å². The maximum atomic E-state index is 11.2. The van der Waals surface area contributed by atoms with Gasteiger partial charge in [-0.2, -0.15) is 0 Å². The lowest BCUT2D eigenvalue weighted by atomic mass is 10.0. The van der Waals surface area contributed by atoms with E-state index in [0.29, 0.717) is 17.3 Å². The summed E-state index contributed by atoms with van der Waals surface area (Å²) in [5.41, 5.74) is 1.01. The molecule has 16 heavy (non-hydrogen) atoms. The van der Waals surface area contributed by atoms with Crippen molar-refractivity contribution in [3.05, 3.63) is 34.2 Å². The molecule has 5 heteroatoms. The molecule has 0 aliphatic rings. The van der Waals surface area contributed by atoms with Gasteiger partial charge >= 0.3 is 11.6 Å². The number of carboxylic acid groups (broad SMARTS) is 1. The Morgan fingerprint density at radius 2 is 2.31 bits per heavy atom. The molecule has 1 atom stereocenters. The van der Waals surface area contributed by atoms with Gasteiger partial charge in [0.15, 0.2) is 0 Å². The number of hydrogen-bond donors (Lipinski definition) is 2. The molecule has 0 fully saturated rings. The Labute approximate surface area is 90.7 Å². The van der Waals surface area contributed by atoms with Crippen LogP contribution in [0.1, 0.15) is 12.5 Å². The topological polar surface area (TPSA) is 83.3 Å². The van der Waals surface area contributed by atoms with Gasteiger partial charge < -0.3 is 9.63 Å². The number of aliphatic carboxylic acids is 1. The summed E-state index contributed by atoms with van der Waals surface area (Å²) in [4.78, 5) is 21.9. The van der Waals surface area contributed by atoms with E-state index < -0.39 is 17.5 Å². The lowest BCUT2D eigenvalue weighted by Gasteiger charge is -2.05. The van der Waals surface area contributed by atoms with Crippen molar-refractivity contribution in [3.8, 4) is 0 Å². The molecule has 0 aliphatic carbocycles. The van der Waals surface area contributed by atoms with Crippen LogP contribution in [0.5, 0.6) is 0 Å². The maximum Gasteiger partial charge on any atom is 0.365 e. The first-order valence-electron chi connectivity index (χ1n) is 4.91. The smallest absolute Gasteiger partial charge is 0.365 e. The summed E-state index contributed by atoms with van der Waals surface area (Å²) < 4.78 is 4.63. The molecule has 0 spiro atoms. The zero-order chi connectivity index (χ0) is 11.7. The van der Waals surface area contributed by atoms with Gasteiger partial charge in [0, 0.05) is 0 Å². The summed E-state index contributed by atoms with van der Waals surface area (Å²) in [5, 5.41) is 11.7. The van der Waals surface area contributed by atoms with Crippen LogP contribution in [0.25, 0.3) is 10.9 Å². The second kappa shape index (κ2) is 3.84. The van der Waals surface area contributed by atoms with Crippen LogP contribution in [0.3, 0.4) is 0 Å². The second-order valence-corrected chi connectivity index (χ2v) is 3.81. The van der Waals surface area contributed by atoms with E-state index in [1.54, 1.807) is 25.1 Å². The third kappa shape index (κ3) is 1.84. The van der Waals surface area contributed by atoms with Crippen molar-refractivity contribution < 1.29 is 14.4 Å². The molecule has 2 rings (SSSR count). The van der Waals surface area contributed by atoms with Crippen LogP contribution in [-0.4, -0.2) is 16.2 Å². The third-order valence-corrected chi connectivity index (χ3v) is 2.52. The summed E-state index contributed by atoms with van der Waals surface area (Å²) in [6.07, 6.45) is 0.399. The minimum Gasteiger partial charge on any atom is -0.481 e. The van der Waals surface area contributed by atoms with Crippen LogP contribution < -0.4 is 5.63 Å². The molecule has 5 nitrogen and oxygen atoms in total. The molecule has 1 unspecified atom stereocenters. The molecular weight excluding hydrogens is 210 g/mol. The summed E-state index contributed by atoms with van der Waals surface area (Å²) >= 11 is 0. The van der Waals surface area contributed by atoms with E-state index in [0.717, 1.165) is 5.56 Å². The molecule has 84 valence electrons. The molecule has 0 amide bonds. The van der Waals surface area contributed by atoms with Crippen LogP contribution in [0, 0.1) is 5.92 Å². The van der Waals surface area contributed by atoms with Gasteiger partial charge in [-0.3, -0.25) is 4.79 Å². The minimum absolute atomic E-state index is 0.399. The lowest BCUT2D eigenvalue weighted by Crippen LogP contribution is -2.12. The number of carbonyl (C=O) groups is 1. The second-order valence-electron chi connectivity index (χ2n) is 3.81. The molecule has 2 N–H and O–H groups in total. The molecule has 1 aromatic carbocycles. The molecule has 0 bridgehead atoms. The Hall–Kier alpha value is -2.04. The van der Waals surface area contributed by atoms with Crippen LogP contribution in [0.2, 0.25) is 0 Å². The average molecular weight is 221 g/mol. The number of nitrogens with one attached hydrogen (secondary N) is 1. The Morgan fingerprint density at radius 3 is 3.00 bits per heavy atom. The summed E-state index contributed by atoms with van der Waals surface area (Å²) in [6, 6.07) is 5.16. The molecular formula is C11H11NO4. The average Bonchev–Trinajstić information content (AvgIpc) is 2.60. The van der Waals surface area contributed by atoms with Crippen LogP contribution in [-0.2, 0) is 11.2 Å². The normalized spacial score (nSPS) is 12.8. The number of aromatic nitrogens is 1. The van der Waals surface area contributed by atoms with E-state index in [4.69, 9.17) is 5.11 Å². The van der Waals surface area contributed by atoms with E-state index in [1.165, 1.54) is 0 Å². The van der Waals surface area contributed by atoms with Gasteiger partial charge in [0.2, 0.25) is 0 Å². The molecule has 0 saturated carbocycles. The first-order valence-corrected chi connectivity index (χ1v) is 4.91. The fourth-order valence-electron chi connectivity index (χ4n) is 1.57. The predicted octanol–water partition coefficient (Wildman–Crippen LogP) is 1.38. The zero-order valence-corrected chi connectivity index (χ0v) is 8.69. The highest BCUT2D eigenvalue weighted by molar-refractivity contribution is 5.78. The SMILES string of the molecule is CC(Cc1ccc2[nH]oc(=O)c2c1)C(=O)O. The lowest BCUT2D eigenvalue weighted by molar-refractivity contribution is -0.141. The molecule has 0 radical (unpaired) electrons. The predicted molar refractivity (Wildman–Crippen MR) is 57.3 cm³/mol. The first kappa shape index (κ1) is 10.5. The molecule has 2 aromatic rings. The van der Waals surface area contributed by atoms with Crippen molar-refractivity contribution in [3.63, 3.8) is 0 Å². The van der Waals surface area contributed by atoms with Crippen molar-refractivity contribution in [1.82, 2.24) is 5.16 Å². The van der Waals surface area contributed by atoms with Crippen LogP contribution >= 0.6 is 0 Å². The zero-order valence-electron chi connectivity index (χ0n) is 8.69. The van der Waals surface area contributed by atoms with Crippen LogP contribution in [0.4, 0.5) is 0 Å². The van der Waals surface area contributed by atoms with Gasteiger partial charge in [0.05, 0.1) is 16.8 Å². The molecule has 0 saturated heterocycles. The van der Waals surface area contributed by atoms with Gasteiger partial charge in [0.1, 0.15) is 0 Å². The third-order valence-electron chi connectivity index (χ3n) is 2.52. The highest BCUT2D eigenvalue weighted by Gasteiger charge is 2.12. The Morgan fingerprint density at radius 1 is 1.56 bits per heavy atom. The molecule has 1 heterocycles. The summed E-state index contributed by atoms with van der Waals surface area (Å²) in [7, 11) is 0. The van der Waals surface area contributed by atoms with Crippen LogP contribution in [0.15, 0.2) is 27.5 Å².